The molecule has 0 spiro atoms. The third-order valence-electron chi connectivity index (χ3n) is 4.55. The summed E-state index contributed by atoms with van der Waals surface area (Å²) in [6, 6.07) is 3.77. The van der Waals surface area contributed by atoms with Crippen LogP contribution in [0.4, 0.5) is 0 Å². The van der Waals surface area contributed by atoms with Gasteiger partial charge in [-0.1, -0.05) is 11.6 Å². The number of nitrogens with two attached hydrogens (primary N) is 1. The summed E-state index contributed by atoms with van der Waals surface area (Å²) < 4.78 is 11.0. The minimum absolute atomic E-state index is 0. The Labute approximate surface area is 189 Å². The Morgan fingerprint density at radius 1 is 1.46 bits per heavy atom. The highest BCUT2D eigenvalue weighted by molar-refractivity contribution is 14.0. The van der Waals surface area contributed by atoms with Gasteiger partial charge in [0, 0.05) is 33.1 Å². The number of primary amides is 1. The topological polar surface area (TPSA) is 89.2 Å². The largest absolute Gasteiger partial charge is 0.493 e. The molecule has 1 aliphatic heterocycles. The summed E-state index contributed by atoms with van der Waals surface area (Å²) >= 11 is 6.34. The summed E-state index contributed by atoms with van der Waals surface area (Å²) in [5, 5.41) is 3.88. The van der Waals surface area contributed by atoms with Gasteiger partial charge in [-0.05, 0) is 43.4 Å². The van der Waals surface area contributed by atoms with Gasteiger partial charge in [0.2, 0.25) is 5.91 Å². The highest BCUT2D eigenvalue weighted by Gasteiger charge is 2.23. The average molecular weight is 525 g/mol. The summed E-state index contributed by atoms with van der Waals surface area (Å²) in [6.07, 6.45) is 2.45. The maximum Gasteiger partial charge on any atom is 0.217 e. The van der Waals surface area contributed by atoms with E-state index in [9.17, 15) is 4.79 Å². The maximum atomic E-state index is 11.2. The van der Waals surface area contributed by atoms with Gasteiger partial charge < -0.3 is 25.4 Å². The number of nitrogens with zero attached hydrogens (tertiary/aromatic N) is 2. The van der Waals surface area contributed by atoms with Gasteiger partial charge >= 0.3 is 0 Å². The lowest BCUT2D eigenvalue weighted by Gasteiger charge is -2.34. The molecule has 0 radical (unpaired) electrons. The van der Waals surface area contributed by atoms with E-state index in [0.29, 0.717) is 36.1 Å². The van der Waals surface area contributed by atoms with E-state index in [1.807, 2.05) is 19.1 Å². The van der Waals surface area contributed by atoms with Crippen molar-refractivity contribution in [3.8, 4) is 11.5 Å². The van der Waals surface area contributed by atoms with Gasteiger partial charge in [0.1, 0.15) is 0 Å². The van der Waals surface area contributed by atoms with Gasteiger partial charge in [0.05, 0.1) is 18.7 Å². The SMILES string of the molecule is CCOc1c(Cl)cc(CNC(=NC)N2CCCC(CC(N)=O)C2)cc1OC.I. The van der Waals surface area contributed by atoms with Crippen molar-refractivity contribution in [2.24, 2.45) is 16.6 Å². The minimum atomic E-state index is -0.249. The van der Waals surface area contributed by atoms with E-state index < -0.39 is 0 Å². The lowest BCUT2D eigenvalue weighted by Crippen LogP contribution is -2.46. The number of piperidine rings is 1. The Morgan fingerprint density at radius 2 is 2.21 bits per heavy atom. The number of hydrogen-bond donors (Lipinski definition) is 2. The van der Waals surface area contributed by atoms with Crippen LogP contribution in [-0.2, 0) is 11.3 Å². The minimum Gasteiger partial charge on any atom is -0.493 e. The molecular weight excluding hydrogens is 495 g/mol. The van der Waals surface area contributed by atoms with Gasteiger partial charge in [0.25, 0.3) is 0 Å². The summed E-state index contributed by atoms with van der Waals surface area (Å²) in [5.74, 6) is 1.99. The number of carbonyl (C=O) groups is 1. The Bertz CT molecular complexity index is 687. The second kappa shape index (κ2) is 12.2. The van der Waals surface area contributed by atoms with Crippen molar-refractivity contribution in [1.29, 1.82) is 0 Å². The van der Waals surface area contributed by atoms with Crippen LogP contribution < -0.4 is 20.5 Å². The number of carbonyl (C=O) groups excluding carboxylic acids is 1. The first kappa shape index (κ1) is 24.6. The molecule has 7 nitrogen and oxygen atoms in total. The lowest BCUT2D eigenvalue weighted by atomic mass is 9.95. The summed E-state index contributed by atoms with van der Waals surface area (Å²) in [5.41, 5.74) is 6.31. The van der Waals surface area contributed by atoms with E-state index >= 15 is 0 Å². The first-order valence-electron chi connectivity index (χ1n) is 9.21. The Balaban J connectivity index is 0.00000392. The van der Waals surface area contributed by atoms with Crippen molar-refractivity contribution in [1.82, 2.24) is 10.2 Å². The van der Waals surface area contributed by atoms with Crippen molar-refractivity contribution in [2.75, 3.05) is 33.9 Å². The van der Waals surface area contributed by atoms with Crippen LogP contribution in [0.25, 0.3) is 0 Å². The van der Waals surface area contributed by atoms with Gasteiger partial charge in [-0.3, -0.25) is 9.79 Å². The number of benzene rings is 1. The number of guanidine groups is 1. The zero-order valence-electron chi connectivity index (χ0n) is 16.7. The Hall–Kier alpha value is -1.42. The Morgan fingerprint density at radius 3 is 2.82 bits per heavy atom. The molecule has 1 fully saturated rings. The second-order valence-corrected chi connectivity index (χ2v) is 6.97. The number of hydrogen-bond acceptors (Lipinski definition) is 4. The number of aliphatic imine (C=N–C) groups is 1. The van der Waals surface area contributed by atoms with Crippen molar-refractivity contribution in [3.63, 3.8) is 0 Å². The van der Waals surface area contributed by atoms with Crippen molar-refractivity contribution < 1.29 is 14.3 Å². The van der Waals surface area contributed by atoms with Crippen LogP contribution >= 0.6 is 35.6 Å². The number of methoxy groups -OCH3 is 1. The molecule has 1 unspecified atom stereocenters. The zero-order valence-corrected chi connectivity index (χ0v) is 19.8. The monoisotopic (exact) mass is 524 g/mol. The highest BCUT2D eigenvalue weighted by atomic mass is 127. The summed E-state index contributed by atoms with van der Waals surface area (Å²) in [7, 11) is 3.35. The molecule has 1 heterocycles. The zero-order chi connectivity index (χ0) is 19.8. The number of halogens is 2. The fraction of sp³-hybridized carbons (Fsp3) is 0.579. The molecule has 0 aliphatic carbocycles. The third-order valence-corrected chi connectivity index (χ3v) is 4.83. The molecule has 3 N–H and O–H groups in total. The molecule has 158 valence electrons. The third kappa shape index (κ3) is 6.88. The van der Waals surface area contributed by atoms with E-state index in [4.69, 9.17) is 26.8 Å². The molecule has 0 bridgehead atoms. The highest BCUT2D eigenvalue weighted by Crippen LogP contribution is 2.36. The van der Waals surface area contributed by atoms with Crippen LogP contribution in [-0.4, -0.2) is 50.6 Å². The molecule has 1 aromatic rings. The predicted octanol–water partition coefficient (Wildman–Crippen LogP) is 3.03. The van der Waals surface area contributed by atoms with Gasteiger partial charge in [0.15, 0.2) is 17.5 Å². The first-order valence-corrected chi connectivity index (χ1v) is 9.59. The van der Waals surface area contributed by atoms with Gasteiger partial charge in [-0.15, -0.1) is 24.0 Å². The molecule has 1 amide bonds. The van der Waals surface area contributed by atoms with Crippen LogP contribution in [0.15, 0.2) is 17.1 Å². The lowest BCUT2D eigenvalue weighted by molar-refractivity contribution is -0.119. The summed E-state index contributed by atoms with van der Waals surface area (Å²) in [6.45, 7) is 4.64. The molecule has 2 rings (SSSR count). The molecule has 9 heteroatoms. The Kier molecular flexibility index (Phi) is 10.7. The van der Waals surface area contributed by atoms with E-state index in [-0.39, 0.29) is 35.8 Å². The number of rotatable bonds is 7. The fourth-order valence-electron chi connectivity index (χ4n) is 3.38. The van der Waals surface area contributed by atoms with Crippen molar-refractivity contribution >= 4 is 47.4 Å². The van der Waals surface area contributed by atoms with Crippen LogP contribution in [0.5, 0.6) is 11.5 Å². The second-order valence-electron chi connectivity index (χ2n) is 6.57. The number of amides is 1. The first-order chi connectivity index (χ1) is 13.0. The molecule has 0 aromatic heterocycles. The van der Waals surface area contributed by atoms with Crippen LogP contribution in [0.1, 0.15) is 31.7 Å². The summed E-state index contributed by atoms with van der Waals surface area (Å²) in [4.78, 5) is 17.8. The quantitative estimate of drug-likeness (QED) is 0.325. The molecule has 0 saturated carbocycles. The fourth-order valence-corrected chi connectivity index (χ4v) is 3.67. The van der Waals surface area contributed by atoms with Gasteiger partial charge in [-0.2, -0.15) is 0 Å². The molecule has 1 aliphatic rings. The molecular formula is C19H30ClIN4O3. The molecule has 1 saturated heterocycles. The smallest absolute Gasteiger partial charge is 0.217 e. The standard InChI is InChI=1S/C19H29ClN4O3.HI/c1-4-27-18-15(20)8-14(9-16(18)26-3)11-23-19(22-2)24-7-5-6-13(12-24)10-17(21)25;/h8-9,13H,4-7,10-12H2,1-3H3,(H2,21,25)(H,22,23);1H. The molecule has 1 aromatic carbocycles. The van der Waals surface area contributed by atoms with Crippen LogP contribution in [0.3, 0.4) is 0 Å². The van der Waals surface area contributed by atoms with E-state index in [2.05, 4.69) is 15.2 Å². The normalized spacial score (nSPS) is 16.9. The van der Waals surface area contributed by atoms with E-state index in [0.717, 1.165) is 37.5 Å². The van der Waals surface area contributed by atoms with Crippen LogP contribution in [0.2, 0.25) is 5.02 Å². The average Bonchev–Trinajstić information content (AvgIpc) is 2.64. The number of ether oxygens (including phenoxy) is 2. The van der Waals surface area contributed by atoms with E-state index in [1.54, 1.807) is 14.2 Å². The van der Waals surface area contributed by atoms with Crippen molar-refractivity contribution in [3.05, 3.63) is 22.7 Å². The molecule has 28 heavy (non-hydrogen) atoms. The maximum absolute atomic E-state index is 11.2. The molecule has 1 atom stereocenters. The number of nitrogens with one attached hydrogen (secondary N) is 1. The number of likely N-dealkylation sites (tertiary alicyclic amines) is 1. The predicted molar refractivity (Wildman–Crippen MR) is 123 cm³/mol. The van der Waals surface area contributed by atoms with Crippen LogP contribution in [0, 0.1) is 5.92 Å². The van der Waals surface area contributed by atoms with Gasteiger partial charge in [-0.25, -0.2) is 0 Å². The van der Waals surface area contributed by atoms with Crippen molar-refractivity contribution in [2.45, 2.75) is 32.7 Å². The van der Waals surface area contributed by atoms with E-state index in [1.165, 1.54) is 0 Å².